The highest BCUT2D eigenvalue weighted by Gasteiger charge is 2.22. The number of thioether (sulfide) groups is 1. The Hall–Kier alpha value is -1.73. The predicted molar refractivity (Wildman–Crippen MR) is 78.6 cm³/mol. The molecule has 0 aliphatic rings. The van der Waals surface area contributed by atoms with Gasteiger partial charge in [0.05, 0.1) is 11.4 Å². The number of rotatable bonds is 8. The summed E-state index contributed by atoms with van der Waals surface area (Å²) in [5.41, 5.74) is 0. The zero-order chi connectivity index (χ0) is 15.8. The van der Waals surface area contributed by atoms with E-state index in [1.54, 1.807) is 12.1 Å². The number of carboxylic acids is 2. The molecule has 0 radical (unpaired) electrons. The van der Waals surface area contributed by atoms with Gasteiger partial charge in [0.15, 0.2) is 0 Å². The third-order valence-corrected chi connectivity index (χ3v) is 3.95. The summed E-state index contributed by atoms with van der Waals surface area (Å²) in [6.45, 7) is 0. The lowest BCUT2D eigenvalue weighted by atomic mass is 10.2. The standard InChI is InChI=1S/C13H14ClNO5S/c14-8-3-1-2-4-10(8)21-6-5-11(16)15-9(13(19)20)7-12(17)18/h1-4,9H,5-7H2,(H,15,16)(H,17,18)(H,19,20). The summed E-state index contributed by atoms with van der Waals surface area (Å²) in [5, 5.41) is 20.1. The molecule has 1 rings (SSSR count). The van der Waals surface area contributed by atoms with Crippen molar-refractivity contribution in [2.75, 3.05) is 5.75 Å². The van der Waals surface area contributed by atoms with Crippen LogP contribution in [0.3, 0.4) is 0 Å². The topological polar surface area (TPSA) is 104 Å². The Bertz CT molecular complexity index is 537. The highest BCUT2D eigenvalue weighted by Crippen LogP contribution is 2.26. The third-order valence-electron chi connectivity index (χ3n) is 2.44. The van der Waals surface area contributed by atoms with Crippen molar-refractivity contribution >= 4 is 41.2 Å². The summed E-state index contributed by atoms with van der Waals surface area (Å²) in [4.78, 5) is 33.7. The van der Waals surface area contributed by atoms with Crippen molar-refractivity contribution in [3.05, 3.63) is 29.3 Å². The summed E-state index contributed by atoms with van der Waals surface area (Å²) in [6, 6.07) is 5.75. The second kappa shape index (κ2) is 8.53. The predicted octanol–water partition coefficient (Wildman–Crippen LogP) is 1.87. The Morgan fingerprint density at radius 3 is 2.48 bits per heavy atom. The number of halogens is 1. The van der Waals surface area contributed by atoms with Crippen molar-refractivity contribution < 1.29 is 24.6 Å². The van der Waals surface area contributed by atoms with Gasteiger partial charge in [-0.1, -0.05) is 23.7 Å². The summed E-state index contributed by atoms with van der Waals surface area (Å²) >= 11 is 7.33. The molecule has 0 aliphatic heterocycles. The second-order valence-corrected chi connectivity index (χ2v) is 5.63. The Kier molecular flexibility index (Phi) is 7.04. The van der Waals surface area contributed by atoms with Crippen molar-refractivity contribution in [1.29, 1.82) is 0 Å². The molecule has 1 atom stereocenters. The van der Waals surface area contributed by atoms with Gasteiger partial charge in [0.1, 0.15) is 6.04 Å². The number of carboxylic acid groups (broad SMARTS) is 2. The molecule has 1 amide bonds. The summed E-state index contributed by atoms with van der Waals surface area (Å²) in [5.74, 6) is -2.75. The Balaban J connectivity index is 2.41. The van der Waals surface area contributed by atoms with Gasteiger partial charge in [0.25, 0.3) is 0 Å². The Morgan fingerprint density at radius 2 is 1.90 bits per heavy atom. The minimum Gasteiger partial charge on any atom is -0.481 e. The van der Waals surface area contributed by atoms with Crippen LogP contribution in [0.15, 0.2) is 29.2 Å². The Labute approximate surface area is 130 Å². The molecule has 0 aliphatic carbocycles. The molecule has 1 aromatic carbocycles. The van der Waals surface area contributed by atoms with E-state index in [4.69, 9.17) is 21.8 Å². The minimum absolute atomic E-state index is 0.0687. The number of benzene rings is 1. The molecule has 8 heteroatoms. The molecule has 1 aromatic rings. The molecule has 21 heavy (non-hydrogen) atoms. The molecule has 6 nitrogen and oxygen atoms in total. The molecular weight excluding hydrogens is 318 g/mol. The van der Waals surface area contributed by atoms with Gasteiger partial charge in [0, 0.05) is 17.1 Å². The van der Waals surface area contributed by atoms with E-state index >= 15 is 0 Å². The quantitative estimate of drug-likeness (QED) is 0.628. The van der Waals surface area contributed by atoms with E-state index in [-0.39, 0.29) is 6.42 Å². The van der Waals surface area contributed by atoms with Gasteiger partial charge in [0.2, 0.25) is 5.91 Å². The van der Waals surface area contributed by atoms with Gasteiger partial charge in [-0.05, 0) is 12.1 Å². The lowest BCUT2D eigenvalue weighted by Gasteiger charge is -2.12. The first-order valence-electron chi connectivity index (χ1n) is 6.01. The number of hydrogen-bond donors (Lipinski definition) is 3. The minimum atomic E-state index is -1.42. The average molecular weight is 332 g/mol. The van der Waals surface area contributed by atoms with Crippen LogP contribution in [-0.2, 0) is 14.4 Å². The molecule has 0 spiro atoms. The molecule has 0 aromatic heterocycles. The maximum Gasteiger partial charge on any atom is 0.326 e. The fourth-order valence-electron chi connectivity index (χ4n) is 1.46. The van der Waals surface area contributed by atoms with E-state index in [1.165, 1.54) is 11.8 Å². The zero-order valence-corrected chi connectivity index (χ0v) is 12.5. The van der Waals surface area contributed by atoms with Crippen molar-refractivity contribution in [2.24, 2.45) is 0 Å². The fourth-order valence-corrected chi connectivity index (χ4v) is 2.64. The van der Waals surface area contributed by atoms with Crippen LogP contribution in [0.25, 0.3) is 0 Å². The maximum atomic E-state index is 11.6. The first-order valence-corrected chi connectivity index (χ1v) is 7.37. The van der Waals surface area contributed by atoms with Crippen LogP contribution in [0.2, 0.25) is 5.02 Å². The van der Waals surface area contributed by atoms with E-state index in [1.807, 2.05) is 12.1 Å². The number of aliphatic carboxylic acids is 2. The van der Waals surface area contributed by atoms with Gasteiger partial charge in [-0.15, -0.1) is 11.8 Å². The molecule has 1 unspecified atom stereocenters. The van der Waals surface area contributed by atoms with Gasteiger partial charge in [-0.3, -0.25) is 9.59 Å². The van der Waals surface area contributed by atoms with Gasteiger partial charge in [-0.25, -0.2) is 4.79 Å². The summed E-state index contributed by atoms with van der Waals surface area (Å²) in [7, 11) is 0. The number of nitrogens with one attached hydrogen (secondary N) is 1. The number of hydrogen-bond acceptors (Lipinski definition) is 4. The summed E-state index contributed by atoms with van der Waals surface area (Å²) < 4.78 is 0. The van der Waals surface area contributed by atoms with Gasteiger partial charge in [-0.2, -0.15) is 0 Å². The number of carbonyl (C=O) groups excluding carboxylic acids is 1. The monoisotopic (exact) mass is 331 g/mol. The maximum absolute atomic E-state index is 11.6. The summed E-state index contributed by atoms with van der Waals surface area (Å²) in [6.07, 6.45) is -0.585. The third kappa shape index (κ3) is 6.50. The molecule has 0 fully saturated rings. The van der Waals surface area contributed by atoms with Crippen LogP contribution in [0, 0.1) is 0 Å². The lowest BCUT2D eigenvalue weighted by Crippen LogP contribution is -2.42. The van der Waals surface area contributed by atoms with E-state index in [0.29, 0.717) is 10.8 Å². The van der Waals surface area contributed by atoms with E-state index < -0.39 is 30.3 Å². The smallest absolute Gasteiger partial charge is 0.326 e. The first-order chi connectivity index (χ1) is 9.90. The first kappa shape index (κ1) is 17.3. The number of amides is 1. The van der Waals surface area contributed by atoms with Crippen LogP contribution >= 0.6 is 23.4 Å². The lowest BCUT2D eigenvalue weighted by molar-refractivity contribution is -0.147. The SMILES string of the molecule is O=C(O)CC(NC(=O)CCSc1ccccc1Cl)C(=O)O. The van der Waals surface area contributed by atoms with Crippen LogP contribution in [-0.4, -0.2) is 39.9 Å². The van der Waals surface area contributed by atoms with E-state index in [9.17, 15) is 14.4 Å². The molecule has 0 saturated carbocycles. The van der Waals surface area contributed by atoms with Crippen molar-refractivity contribution in [3.8, 4) is 0 Å². The molecule has 0 heterocycles. The second-order valence-electron chi connectivity index (χ2n) is 4.09. The van der Waals surface area contributed by atoms with Gasteiger partial charge >= 0.3 is 11.9 Å². The van der Waals surface area contributed by atoms with Gasteiger partial charge < -0.3 is 15.5 Å². The average Bonchev–Trinajstić information content (AvgIpc) is 2.39. The zero-order valence-electron chi connectivity index (χ0n) is 10.9. The van der Waals surface area contributed by atoms with Crippen LogP contribution < -0.4 is 5.32 Å². The number of carbonyl (C=O) groups is 3. The van der Waals surface area contributed by atoms with Crippen LogP contribution in [0.5, 0.6) is 0 Å². The molecular formula is C13H14ClNO5S. The van der Waals surface area contributed by atoms with Crippen molar-refractivity contribution in [1.82, 2.24) is 5.32 Å². The van der Waals surface area contributed by atoms with Crippen LogP contribution in [0.4, 0.5) is 0 Å². The molecule has 114 valence electrons. The molecule has 0 bridgehead atoms. The van der Waals surface area contributed by atoms with E-state index in [2.05, 4.69) is 5.32 Å². The highest BCUT2D eigenvalue weighted by molar-refractivity contribution is 7.99. The Morgan fingerprint density at radius 1 is 1.24 bits per heavy atom. The molecule has 3 N–H and O–H groups in total. The molecule has 0 saturated heterocycles. The largest absolute Gasteiger partial charge is 0.481 e. The van der Waals surface area contributed by atoms with E-state index in [0.717, 1.165) is 4.90 Å². The normalized spacial score (nSPS) is 11.7. The highest BCUT2D eigenvalue weighted by atomic mass is 35.5. The van der Waals surface area contributed by atoms with Crippen molar-refractivity contribution in [3.63, 3.8) is 0 Å². The fraction of sp³-hybridized carbons (Fsp3) is 0.308. The van der Waals surface area contributed by atoms with Crippen LogP contribution in [0.1, 0.15) is 12.8 Å². The van der Waals surface area contributed by atoms with Crippen molar-refractivity contribution in [2.45, 2.75) is 23.8 Å².